The minimum atomic E-state index is -0.356. The van der Waals surface area contributed by atoms with Crippen molar-refractivity contribution in [2.45, 2.75) is 6.54 Å². The molecule has 1 aromatic heterocycles. The van der Waals surface area contributed by atoms with Gasteiger partial charge < -0.3 is 5.32 Å². The molecule has 0 radical (unpaired) electrons. The molecule has 2 rings (SSSR count). The van der Waals surface area contributed by atoms with Crippen LogP contribution in [0.3, 0.4) is 0 Å². The number of nitrogens with zero attached hydrogens (tertiary/aromatic N) is 2. The lowest BCUT2D eigenvalue weighted by atomic mass is 10.2. The van der Waals surface area contributed by atoms with Crippen molar-refractivity contribution in [1.82, 2.24) is 15.2 Å². The highest BCUT2D eigenvalue weighted by Crippen LogP contribution is 2.07. The molecule has 0 aliphatic heterocycles. The Morgan fingerprint density at radius 3 is 2.94 bits per heavy atom. The molecular formula is C10H9FN4O. The van der Waals surface area contributed by atoms with Gasteiger partial charge in [-0.3, -0.25) is 9.78 Å². The van der Waals surface area contributed by atoms with E-state index in [2.05, 4.69) is 20.5 Å². The van der Waals surface area contributed by atoms with Gasteiger partial charge in [0.25, 0.3) is 5.56 Å². The Labute approximate surface area is 90.4 Å². The monoisotopic (exact) mass is 220 g/mol. The number of H-pyrrole nitrogens is 1. The highest BCUT2D eigenvalue weighted by molar-refractivity contribution is 5.26. The zero-order chi connectivity index (χ0) is 11.4. The molecule has 0 aliphatic carbocycles. The van der Waals surface area contributed by atoms with E-state index in [1.165, 1.54) is 6.07 Å². The molecule has 0 spiro atoms. The lowest BCUT2D eigenvalue weighted by Gasteiger charge is -2.04. The van der Waals surface area contributed by atoms with E-state index in [1.54, 1.807) is 18.2 Å². The number of anilines is 1. The summed E-state index contributed by atoms with van der Waals surface area (Å²) in [6.45, 7) is 0.237. The fourth-order valence-electron chi connectivity index (χ4n) is 1.21. The smallest absolute Gasteiger partial charge is 0.271 e. The van der Waals surface area contributed by atoms with Gasteiger partial charge in [0.2, 0.25) is 5.95 Å². The lowest BCUT2D eigenvalue weighted by Crippen LogP contribution is -2.13. The first-order valence-corrected chi connectivity index (χ1v) is 4.65. The average molecular weight is 220 g/mol. The molecule has 0 fully saturated rings. The van der Waals surface area contributed by atoms with E-state index in [4.69, 9.17) is 0 Å². The molecule has 6 heteroatoms. The maximum absolute atomic E-state index is 13.2. The first-order chi connectivity index (χ1) is 7.75. The molecule has 0 saturated heterocycles. The number of nitrogens with one attached hydrogen (secondary N) is 2. The van der Waals surface area contributed by atoms with E-state index in [0.717, 1.165) is 6.20 Å². The third-order valence-electron chi connectivity index (χ3n) is 1.98. The number of aromatic nitrogens is 3. The molecule has 2 N–H and O–H groups in total. The van der Waals surface area contributed by atoms with E-state index in [-0.39, 0.29) is 23.9 Å². The van der Waals surface area contributed by atoms with Crippen LogP contribution in [0, 0.1) is 5.82 Å². The first kappa shape index (κ1) is 10.3. The van der Waals surface area contributed by atoms with E-state index in [0.29, 0.717) is 5.56 Å². The molecule has 0 unspecified atom stereocenters. The van der Waals surface area contributed by atoms with Gasteiger partial charge >= 0.3 is 0 Å². The largest absolute Gasteiger partial charge is 0.350 e. The SMILES string of the molecule is O=c1cnnc(NCc2ccccc2F)[nH]1. The van der Waals surface area contributed by atoms with Crippen LogP contribution in [0.15, 0.2) is 35.3 Å². The second kappa shape index (κ2) is 4.52. The van der Waals surface area contributed by atoms with Crippen LogP contribution in [0.5, 0.6) is 0 Å². The molecule has 16 heavy (non-hydrogen) atoms. The van der Waals surface area contributed by atoms with Crippen molar-refractivity contribution < 1.29 is 4.39 Å². The summed E-state index contributed by atoms with van der Waals surface area (Å²) >= 11 is 0. The molecule has 0 aliphatic rings. The minimum Gasteiger partial charge on any atom is -0.350 e. The maximum atomic E-state index is 13.2. The van der Waals surface area contributed by atoms with E-state index in [9.17, 15) is 9.18 Å². The third-order valence-corrected chi connectivity index (χ3v) is 1.98. The molecule has 1 aromatic carbocycles. The first-order valence-electron chi connectivity index (χ1n) is 4.65. The van der Waals surface area contributed by atoms with Crippen LogP contribution in [-0.2, 0) is 6.54 Å². The predicted molar refractivity (Wildman–Crippen MR) is 56.4 cm³/mol. The summed E-state index contributed by atoms with van der Waals surface area (Å²) in [5.74, 6) is -0.0861. The summed E-state index contributed by atoms with van der Waals surface area (Å²) < 4.78 is 13.2. The van der Waals surface area contributed by atoms with Crippen molar-refractivity contribution in [3.05, 3.63) is 52.2 Å². The van der Waals surface area contributed by atoms with Crippen molar-refractivity contribution >= 4 is 5.95 Å². The summed E-state index contributed by atoms with van der Waals surface area (Å²) in [6, 6.07) is 6.37. The number of benzene rings is 1. The number of hydrogen-bond donors (Lipinski definition) is 2. The highest BCUT2D eigenvalue weighted by Gasteiger charge is 2.01. The third kappa shape index (κ3) is 2.41. The molecule has 0 amide bonds. The molecule has 2 aromatic rings. The van der Waals surface area contributed by atoms with Gasteiger partial charge in [-0.25, -0.2) is 4.39 Å². The van der Waals surface area contributed by atoms with Crippen LogP contribution >= 0.6 is 0 Å². The van der Waals surface area contributed by atoms with Gasteiger partial charge in [0.05, 0.1) is 0 Å². The Bertz CT molecular complexity index is 540. The van der Waals surface area contributed by atoms with E-state index in [1.807, 2.05) is 0 Å². The molecular weight excluding hydrogens is 211 g/mol. The molecule has 0 bridgehead atoms. The van der Waals surface area contributed by atoms with Crippen molar-refractivity contribution in [1.29, 1.82) is 0 Å². The highest BCUT2D eigenvalue weighted by atomic mass is 19.1. The van der Waals surface area contributed by atoms with E-state index >= 15 is 0 Å². The van der Waals surface area contributed by atoms with Gasteiger partial charge in [0, 0.05) is 12.1 Å². The summed E-state index contributed by atoms with van der Waals surface area (Å²) in [4.78, 5) is 13.3. The van der Waals surface area contributed by atoms with Crippen molar-refractivity contribution in [2.75, 3.05) is 5.32 Å². The summed E-state index contributed by atoms with van der Waals surface area (Å²) in [6.07, 6.45) is 1.06. The van der Waals surface area contributed by atoms with Crippen LogP contribution in [0.4, 0.5) is 10.3 Å². The average Bonchev–Trinajstić information content (AvgIpc) is 2.28. The van der Waals surface area contributed by atoms with Gasteiger partial charge in [-0.15, -0.1) is 10.2 Å². The number of aromatic amines is 1. The molecule has 82 valence electrons. The van der Waals surface area contributed by atoms with Crippen LogP contribution in [0.1, 0.15) is 5.56 Å². The fourth-order valence-corrected chi connectivity index (χ4v) is 1.21. The number of hydrogen-bond acceptors (Lipinski definition) is 4. The second-order valence-electron chi connectivity index (χ2n) is 3.13. The second-order valence-corrected chi connectivity index (χ2v) is 3.13. The van der Waals surface area contributed by atoms with Crippen molar-refractivity contribution in [2.24, 2.45) is 0 Å². The Hall–Kier alpha value is -2.24. The van der Waals surface area contributed by atoms with Gasteiger partial charge in [-0.2, -0.15) is 0 Å². The summed E-state index contributed by atoms with van der Waals surface area (Å²) in [5, 5.41) is 9.89. The zero-order valence-corrected chi connectivity index (χ0v) is 8.27. The molecule has 0 atom stereocenters. The topological polar surface area (TPSA) is 70.7 Å². The summed E-state index contributed by atoms with van der Waals surface area (Å²) in [7, 11) is 0. The van der Waals surface area contributed by atoms with Crippen LogP contribution < -0.4 is 10.9 Å². The fraction of sp³-hybridized carbons (Fsp3) is 0.100. The minimum absolute atomic E-state index is 0.218. The maximum Gasteiger partial charge on any atom is 0.271 e. The van der Waals surface area contributed by atoms with Crippen LogP contribution in [-0.4, -0.2) is 15.2 Å². The molecule has 5 nitrogen and oxygen atoms in total. The Morgan fingerprint density at radius 1 is 1.38 bits per heavy atom. The van der Waals surface area contributed by atoms with Crippen LogP contribution in [0.2, 0.25) is 0 Å². The predicted octanol–water partition coefficient (Wildman–Crippen LogP) is 0.916. The quantitative estimate of drug-likeness (QED) is 0.806. The zero-order valence-electron chi connectivity index (χ0n) is 8.27. The summed E-state index contributed by atoms with van der Waals surface area (Å²) in [5.41, 5.74) is 0.139. The van der Waals surface area contributed by atoms with Crippen LogP contribution in [0.25, 0.3) is 0 Å². The van der Waals surface area contributed by atoms with Gasteiger partial charge in [-0.05, 0) is 6.07 Å². The Morgan fingerprint density at radius 2 is 2.19 bits per heavy atom. The normalized spacial score (nSPS) is 10.1. The lowest BCUT2D eigenvalue weighted by molar-refractivity contribution is 0.612. The molecule has 0 saturated carbocycles. The number of rotatable bonds is 3. The van der Waals surface area contributed by atoms with Gasteiger partial charge in [0.15, 0.2) is 0 Å². The van der Waals surface area contributed by atoms with Crippen molar-refractivity contribution in [3.63, 3.8) is 0 Å². The molecule has 1 heterocycles. The van der Waals surface area contributed by atoms with Gasteiger partial charge in [-0.1, -0.05) is 18.2 Å². The van der Waals surface area contributed by atoms with Gasteiger partial charge in [0.1, 0.15) is 12.0 Å². The standard InChI is InChI=1S/C10H9FN4O/c11-8-4-2-1-3-7(8)5-12-10-14-9(16)6-13-15-10/h1-4,6H,5H2,(H2,12,14,15,16). The van der Waals surface area contributed by atoms with E-state index < -0.39 is 0 Å². The van der Waals surface area contributed by atoms with Crippen molar-refractivity contribution in [3.8, 4) is 0 Å². The number of halogens is 1. The Kier molecular flexibility index (Phi) is 2.90. The Balaban J connectivity index is 2.08.